The molecule has 0 bridgehead atoms. The summed E-state index contributed by atoms with van der Waals surface area (Å²) < 4.78 is 11.2. The molecule has 3 aromatic heterocycles. The average Bonchev–Trinajstić information content (AvgIpc) is 3.10. The quantitative estimate of drug-likeness (QED) is 0.369. The lowest BCUT2D eigenvalue weighted by molar-refractivity contribution is -0.139. The van der Waals surface area contributed by atoms with Gasteiger partial charge in [0.25, 0.3) is 0 Å². The molecule has 1 aliphatic rings. The number of carbonyl (C=O) groups is 1. The van der Waals surface area contributed by atoms with E-state index in [-0.39, 0.29) is 12.4 Å². The molecular weight excluding hydrogens is 502 g/mol. The molecule has 0 unspecified atom stereocenters. The van der Waals surface area contributed by atoms with Crippen LogP contribution in [0, 0.1) is 13.8 Å². The van der Waals surface area contributed by atoms with Gasteiger partial charge < -0.3 is 25.0 Å². The van der Waals surface area contributed by atoms with E-state index in [1.807, 2.05) is 38.2 Å². The van der Waals surface area contributed by atoms with Crippen LogP contribution in [0.3, 0.4) is 0 Å². The van der Waals surface area contributed by atoms with E-state index in [0.717, 1.165) is 55.4 Å². The molecular formula is C27H31N7O3S. The van der Waals surface area contributed by atoms with Crippen LogP contribution in [-0.4, -0.2) is 65.2 Å². The van der Waals surface area contributed by atoms with Crippen LogP contribution in [0.2, 0.25) is 0 Å². The maximum Gasteiger partial charge on any atom is 0.310 e. The molecule has 2 N–H and O–H groups in total. The van der Waals surface area contributed by atoms with Crippen LogP contribution in [0.5, 0.6) is 5.75 Å². The minimum absolute atomic E-state index is 0.103. The first-order valence-corrected chi connectivity index (χ1v) is 13.1. The Balaban J connectivity index is 1.56. The summed E-state index contributed by atoms with van der Waals surface area (Å²) in [6.45, 7) is 6.23. The number of thiazole rings is 1. The molecule has 5 rings (SSSR count). The molecule has 4 heterocycles. The number of methoxy groups -OCH3 is 1. The standard InChI is InChI=1S/C27H31N7O3S/c1-15-8-17(18-10-21-26(29-12-18)38-27(28)31-21)9-19-13-34(6-7-37-24(15)19)25-20(11-23(35)36-5)16(2)30-22(32-25)14-33(3)4/h8-10,12H,6-7,11,13-14H2,1-5H3,(H2,28,31). The smallest absolute Gasteiger partial charge is 0.310 e. The Kier molecular flexibility index (Phi) is 7.13. The van der Waals surface area contributed by atoms with Crippen molar-refractivity contribution in [3.63, 3.8) is 0 Å². The third-order valence-electron chi connectivity index (χ3n) is 6.46. The molecule has 0 amide bonds. The number of benzene rings is 1. The maximum atomic E-state index is 12.3. The molecule has 0 spiro atoms. The molecule has 0 atom stereocenters. The van der Waals surface area contributed by atoms with Gasteiger partial charge in [-0.1, -0.05) is 11.3 Å². The normalized spacial score (nSPS) is 13.4. The van der Waals surface area contributed by atoms with Crippen LogP contribution in [-0.2, 0) is 29.0 Å². The highest BCUT2D eigenvalue weighted by molar-refractivity contribution is 7.21. The summed E-state index contributed by atoms with van der Waals surface area (Å²) in [6, 6.07) is 6.26. The molecule has 1 aliphatic heterocycles. The van der Waals surface area contributed by atoms with Crippen LogP contribution >= 0.6 is 11.3 Å². The van der Waals surface area contributed by atoms with Crippen LogP contribution < -0.4 is 15.4 Å². The Morgan fingerprint density at radius 1 is 1.18 bits per heavy atom. The monoisotopic (exact) mass is 533 g/mol. The highest BCUT2D eigenvalue weighted by Gasteiger charge is 2.25. The topological polar surface area (TPSA) is 120 Å². The van der Waals surface area contributed by atoms with Crippen molar-refractivity contribution >= 4 is 38.6 Å². The second kappa shape index (κ2) is 10.5. The van der Waals surface area contributed by atoms with Gasteiger partial charge in [0.15, 0.2) is 5.13 Å². The number of anilines is 2. The van der Waals surface area contributed by atoms with Crippen molar-refractivity contribution in [1.82, 2.24) is 24.8 Å². The zero-order valence-corrected chi connectivity index (χ0v) is 23.1. The summed E-state index contributed by atoms with van der Waals surface area (Å²) >= 11 is 1.38. The number of nitrogen functional groups attached to an aromatic ring is 1. The Bertz CT molecular complexity index is 1520. The van der Waals surface area contributed by atoms with E-state index in [1.165, 1.54) is 18.4 Å². The molecule has 11 heteroatoms. The fourth-order valence-corrected chi connectivity index (χ4v) is 5.39. The number of aromatic nitrogens is 4. The average molecular weight is 534 g/mol. The summed E-state index contributed by atoms with van der Waals surface area (Å²) in [4.78, 5) is 35.9. The van der Waals surface area contributed by atoms with Crippen molar-refractivity contribution in [3.8, 4) is 16.9 Å². The number of aryl methyl sites for hydroxylation is 2. The summed E-state index contributed by atoms with van der Waals surface area (Å²) in [5, 5.41) is 0.503. The Hall–Kier alpha value is -3.83. The van der Waals surface area contributed by atoms with Gasteiger partial charge in [0.1, 0.15) is 34.3 Å². The lowest BCUT2D eigenvalue weighted by atomic mass is 9.99. The molecule has 1 aromatic carbocycles. The number of nitrogens with zero attached hydrogens (tertiary/aromatic N) is 6. The lowest BCUT2D eigenvalue weighted by Crippen LogP contribution is -2.29. The third kappa shape index (κ3) is 5.25. The van der Waals surface area contributed by atoms with E-state index in [2.05, 4.69) is 38.9 Å². The minimum Gasteiger partial charge on any atom is -0.491 e. The van der Waals surface area contributed by atoms with E-state index in [4.69, 9.17) is 20.2 Å². The van der Waals surface area contributed by atoms with Crippen molar-refractivity contribution < 1.29 is 14.3 Å². The molecule has 0 saturated heterocycles. The highest BCUT2D eigenvalue weighted by Crippen LogP contribution is 2.36. The fourth-order valence-electron chi connectivity index (χ4n) is 4.73. The molecule has 4 aromatic rings. The Morgan fingerprint density at radius 2 is 2.00 bits per heavy atom. The van der Waals surface area contributed by atoms with Gasteiger partial charge in [0, 0.05) is 35.1 Å². The summed E-state index contributed by atoms with van der Waals surface area (Å²) in [7, 11) is 5.35. The van der Waals surface area contributed by atoms with Crippen molar-refractivity contribution in [1.29, 1.82) is 0 Å². The molecule has 0 aliphatic carbocycles. The summed E-state index contributed by atoms with van der Waals surface area (Å²) in [6.07, 6.45) is 1.96. The van der Waals surface area contributed by atoms with Gasteiger partial charge in [-0.15, -0.1) is 0 Å². The number of pyridine rings is 1. The molecule has 38 heavy (non-hydrogen) atoms. The predicted octanol–water partition coefficient (Wildman–Crippen LogP) is 3.52. The first kappa shape index (κ1) is 25.8. The number of ether oxygens (including phenoxy) is 2. The van der Waals surface area contributed by atoms with E-state index in [1.54, 1.807) is 0 Å². The second-order valence-electron chi connectivity index (χ2n) is 9.67. The summed E-state index contributed by atoms with van der Waals surface area (Å²) in [5.74, 6) is 1.99. The van der Waals surface area contributed by atoms with E-state index in [9.17, 15) is 4.79 Å². The Labute approximate surface area is 225 Å². The third-order valence-corrected chi connectivity index (χ3v) is 7.27. The van der Waals surface area contributed by atoms with Gasteiger partial charge in [-0.3, -0.25) is 4.79 Å². The van der Waals surface area contributed by atoms with Crippen molar-refractivity contribution in [2.45, 2.75) is 33.4 Å². The first-order chi connectivity index (χ1) is 18.2. The molecule has 0 fully saturated rings. The van der Waals surface area contributed by atoms with Gasteiger partial charge >= 0.3 is 5.97 Å². The van der Waals surface area contributed by atoms with Crippen molar-refractivity contribution in [2.75, 3.05) is 45.0 Å². The number of esters is 1. The van der Waals surface area contributed by atoms with E-state index < -0.39 is 0 Å². The van der Waals surface area contributed by atoms with Gasteiger partial charge in [-0.05, 0) is 57.3 Å². The predicted molar refractivity (Wildman–Crippen MR) is 148 cm³/mol. The zero-order chi connectivity index (χ0) is 27.0. The Morgan fingerprint density at radius 3 is 2.76 bits per heavy atom. The zero-order valence-electron chi connectivity index (χ0n) is 22.2. The van der Waals surface area contributed by atoms with Crippen molar-refractivity contribution in [3.05, 3.63) is 52.6 Å². The number of carbonyl (C=O) groups excluding carboxylic acids is 1. The molecule has 10 nitrogen and oxygen atoms in total. The minimum atomic E-state index is -0.325. The first-order valence-electron chi connectivity index (χ1n) is 12.3. The van der Waals surface area contributed by atoms with Gasteiger partial charge in [0.05, 0.1) is 26.6 Å². The molecule has 198 valence electrons. The van der Waals surface area contributed by atoms with E-state index in [0.29, 0.717) is 37.2 Å². The van der Waals surface area contributed by atoms with Crippen LogP contribution in [0.1, 0.15) is 28.2 Å². The van der Waals surface area contributed by atoms with Gasteiger partial charge in [-0.2, -0.15) is 0 Å². The maximum absolute atomic E-state index is 12.3. The van der Waals surface area contributed by atoms with Crippen LogP contribution in [0.15, 0.2) is 24.4 Å². The number of hydrogen-bond donors (Lipinski definition) is 1. The largest absolute Gasteiger partial charge is 0.491 e. The fraction of sp³-hybridized carbons (Fsp3) is 0.370. The van der Waals surface area contributed by atoms with Crippen molar-refractivity contribution in [2.24, 2.45) is 0 Å². The summed E-state index contributed by atoms with van der Waals surface area (Å²) in [5.41, 5.74) is 12.3. The van der Waals surface area contributed by atoms with Gasteiger partial charge in [-0.25, -0.2) is 19.9 Å². The highest BCUT2D eigenvalue weighted by atomic mass is 32.1. The van der Waals surface area contributed by atoms with Gasteiger partial charge in [0.2, 0.25) is 0 Å². The van der Waals surface area contributed by atoms with Crippen LogP contribution in [0.4, 0.5) is 10.9 Å². The molecule has 0 saturated carbocycles. The second-order valence-corrected chi connectivity index (χ2v) is 10.7. The lowest BCUT2D eigenvalue weighted by Gasteiger charge is -2.25. The number of nitrogens with two attached hydrogens (primary N) is 1. The SMILES string of the molecule is COC(=O)Cc1c(C)nc(CN(C)C)nc1N1CCOc2c(C)cc(-c3cnc4sc(N)nc4c3)cc2C1. The number of hydrogen-bond acceptors (Lipinski definition) is 11. The number of fused-ring (bicyclic) bond motifs is 2. The van der Waals surface area contributed by atoms with E-state index >= 15 is 0 Å². The molecule has 0 radical (unpaired) electrons. The van der Waals surface area contributed by atoms with Crippen LogP contribution in [0.25, 0.3) is 21.5 Å². The number of rotatable bonds is 6.